The first-order valence-corrected chi connectivity index (χ1v) is 3.02. The third-order valence-electron chi connectivity index (χ3n) is 1.08. The second kappa shape index (κ2) is 3.61. The predicted molar refractivity (Wildman–Crippen MR) is 37.5 cm³/mol. The van der Waals surface area contributed by atoms with E-state index < -0.39 is 0 Å². The maximum Gasteiger partial charge on any atom is 0.142 e. The molecule has 3 nitrogen and oxygen atoms in total. The van der Waals surface area contributed by atoms with Crippen LogP contribution >= 0.6 is 0 Å². The van der Waals surface area contributed by atoms with Crippen molar-refractivity contribution in [1.82, 2.24) is 9.97 Å². The molecule has 1 N–H and O–H groups in total. The molecule has 0 radical (unpaired) electrons. The average Bonchev–Trinajstić information content (AvgIpc) is 2.41. The fourth-order valence-electron chi connectivity index (χ4n) is 0.645. The fraction of sp³-hybridized carbons (Fsp3) is 0.143. The minimum atomic E-state index is 0.686. The van der Waals surface area contributed by atoms with Crippen molar-refractivity contribution in [2.24, 2.45) is 0 Å². The number of carbonyl (C=O) groups excluding carboxylic acids is 1. The van der Waals surface area contributed by atoms with Crippen LogP contribution in [0.3, 0.4) is 0 Å². The van der Waals surface area contributed by atoms with Crippen molar-refractivity contribution in [3.8, 4) is 0 Å². The van der Waals surface area contributed by atoms with Gasteiger partial charge in [0, 0.05) is 18.8 Å². The second-order valence-electron chi connectivity index (χ2n) is 1.80. The Morgan fingerprint density at radius 3 is 3.20 bits per heavy atom. The fourth-order valence-corrected chi connectivity index (χ4v) is 0.645. The Labute approximate surface area is 58.8 Å². The minimum Gasteiger partial charge on any atom is -0.348 e. The Morgan fingerprint density at radius 1 is 1.70 bits per heavy atom. The highest BCUT2D eigenvalue weighted by Gasteiger charge is 1.86. The lowest BCUT2D eigenvalue weighted by Gasteiger charge is -1.83. The third kappa shape index (κ3) is 1.85. The Kier molecular flexibility index (Phi) is 2.43. The standard InChI is InChI=1S/C7H8N2O/c10-6-2-1-3-7-8-4-5-9-7/h1-2,4-6H,3H2,(H,8,9). The van der Waals surface area contributed by atoms with Gasteiger partial charge < -0.3 is 4.98 Å². The third-order valence-corrected chi connectivity index (χ3v) is 1.08. The van der Waals surface area contributed by atoms with E-state index in [0.29, 0.717) is 6.42 Å². The van der Waals surface area contributed by atoms with E-state index in [0.717, 1.165) is 12.1 Å². The Morgan fingerprint density at radius 2 is 2.60 bits per heavy atom. The number of hydrogen-bond donors (Lipinski definition) is 1. The van der Waals surface area contributed by atoms with Crippen molar-refractivity contribution in [3.63, 3.8) is 0 Å². The number of H-pyrrole nitrogens is 1. The largest absolute Gasteiger partial charge is 0.348 e. The van der Waals surface area contributed by atoms with Gasteiger partial charge in [-0.1, -0.05) is 6.08 Å². The molecule has 0 saturated carbocycles. The maximum absolute atomic E-state index is 9.82. The summed E-state index contributed by atoms with van der Waals surface area (Å²) in [6.07, 6.45) is 8.09. The zero-order chi connectivity index (χ0) is 7.23. The van der Waals surface area contributed by atoms with Crippen molar-refractivity contribution < 1.29 is 4.79 Å². The summed E-state index contributed by atoms with van der Waals surface area (Å²) in [5, 5.41) is 0. The molecule has 1 rings (SSSR count). The number of imidazole rings is 1. The minimum absolute atomic E-state index is 0.686. The van der Waals surface area contributed by atoms with Gasteiger partial charge in [0.25, 0.3) is 0 Å². The highest BCUT2D eigenvalue weighted by Crippen LogP contribution is 1.89. The molecule has 1 aromatic heterocycles. The summed E-state index contributed by atoms with van der Waals surface area (Å²) in [4.78, 5) is 16.7. The van der Waals surface area contributed by atoms with Crippen LogP contribution in [0.4, 0.5) is 0 Å². The number of aldehydes is 1. The molecule has 0 bridgehead atoms. The van der Waals surface area contributed by atoms with Gasteiger partial charge in [-0.05, 0) is 6.08 Å². The molecule has 1 aromatic rings. The summed E-state index contributed by atoms with van der Waals surface area (Å²) in [6, 6.07) is 0. The summed E-state index contributed by atoms with van der Waals surface area (Å²) < 4.78 is 0. The van der Waals surface area contributed by atoms with E-state index in [1.54, 1.807) is 18.5 Å². The molecule has 0 amide bonds. The van der Waals surface area contributed by atoms with E-state index in [4.69, 9.17) is 0 Å². The molecule has 52 valence electrons. The monoisotopic (exact) mass is 136 g/mol. The second-order valence-corrected chi connectivity index (χ2v) is 1.80. The summed E-state index contributed by atoms with van der Waals surface area (Å²) in [7, 11) is 0. The van der Waals surface area contributed by atoms with E-state index in [2.05, 4.69) is 9.97 Å². The lowest BCUT2D eigenvalue weighted by Crippen LogP contribution is -1.82. The van der Waals surface area contributed by atoms with Crippen LogP contribution < -0.4 is 0 Å². The summed E-state index contributed by atoms with van der Waals surface area (Å²) in [5.74, 6) is 0.873. The van der Waals surface area contributed by atoms with Gasteiger partial charge in [-0.2, -0.15) is 0 Å². The molecule has 10 heavy (non-hydrogen) atoms. The van der Waals surface area contributed by atoms with Crippen LogP contribution in [0.25, 0.3) is 0 Å². The van der Waals surface area contributed by atoms with E-state index in [-0.39, 0.29) is 0 Å². The topological polar surface area (TPSA) is 45.8 Å². The van der Waals surface area contributed by atoms with Gasteiger partial charge in [-0.15, -0.1) is 0 Å². The van der Waals surface area contributed by atoms with Gasteiger partial charge in [-0.25, -0.2) is 4.98 Å². The van der Waals surface area contributed by atoms with Gasteiger partial charge in [-0.3, -0.25) is 4.79 Å². The van der Waals surface area contributed by atoms with Crippen molar-refractivity contribution in [3.05, 3.63) is 30.4 Å². The zero-order valence-corrected chi connectivity index (χ0v) is 5.45. The normalized spacial score (nSPS) is 10.4. The van der Waals surface area contributed by atoms with Crippen LogP contribution in [-0.4, -0.2) is 16.3 Å². The molecular weight excluding hydrogens is 128 g/mol. The van der Waals surface area contributed by atoms with Gasteiger partial charge in [0.2, 0.25) is 0 Å². The number of nitrogens with zero attached hydrogens (tertiary/aromatic N) is 1. The molecule has 0 saturated heterocycles. The van der Waals surface area contributed by atoms with Crippen LogP contribution in [0.5, 0.6) is 0 Å². The van der Waals surface area contributed by atoms with E-state index in [1.807, 2.05) is 0 Å². The molecular formula is C7H8N2O. The number of nitrogens with one attached hydrogen (secondary N) is 1. The summed E-state index contributed by atoms with van der Waals surface area (Å²) in [6.45, 7) is 0. The van der Waals surface area contributed by atoms with E-state index in [1.165, 1.54) is 6.08 Å². The quantitative estimate of drug-likeness (QED) is 0.491. The SMILES string of the molecule is O=CC=CCc1ncc[nH]1. The van der Waals surface area contributed by atoms with Crippen molar-refractivity contribution in [2.75, 3.05) is 0 Å². The van der Waals surface area contributed by atoms with Crippen molar-refractivity contribution in [2.45, 2.75) is 6.42 Å². The Bertz CT molecular complexity index is 214. The van der Waals surface area contributed by atoms with Crippen LogP contribution in [0, 0.1) is 0 Å². The number of allylic oxidation sites excluding steroid dienone is 2. The van der Waals surface area contributed by atoms with Gasteiger partial charge in [0.15, 0.2) is 0 Å². The molecule has 0 aliphatic heterocycles. The number of aromatic nitrogens is 2. The number of hydrogen-bond acceptors (Lipinski definition) is 2. The molecule has 0 aromatic carbocycles. The summed E-state index contributed by atoms with van der Waals surface area (Å²) in [5.41, 5.74) is 0. The highest BCUT2D eigenvalue weighted by molar-refractivity contribution is 5.64. The van der Waals surface area contributed by atoms with E-state index >= 15 is 0 Å². The van der Waals surface area contributed by atoms with Crippen LogP contribution in [-0.2, 0) is 11.2 Å². The van der Waals surface area contributed by atoms with E-state index in [9.17, 15) is 4.79 Å². The van der Waals surface area contributed by atoms with Crippen LogP contribution in [0.15, 0.2) is 24.5 Å². The van der Waals surface area contributed by atoms with Gasteiger partial charge in [0.05, 0.1) is 0 Å². The lowest BCUT2D eigenvalue weighted by molar-refractivity contribution is -0.104. The van der Waals surface area contributed by atoms with Crippen molar-refractivity contribution in [1.29, 1.82) is 0 Å². The molecule has 0 unspecified atom stereocenters. The highest BCUT2D eigenvalue weighted by atomic mass is 16.1. The summed E-state index contributed by atoms with van der Waals surface area (Å²) >= 11 is 0. The molecule has 0 atom stereocenters. The van der Waals surface area contributed by atoms with Crippen LogP contribution in [0.2, 0.25) is 0 Å². The number of carbonyl (C=O) groups is 1. The molecule has 1 heterocycles. The first-order chi connectivity index (χ1) is 4.93. The first kappa shape index (κ1) is 6.74. The average molecular weight is 136 g/mol. The molecule has 0 aliphatic carbocycles. The predicted octanol–water partition coefficient (Wildman–Crippen LogP) is 0.707. The van der Waals surface area contributed by atoms with Gasteiger partial charge in [0.1, 0.15) is 12.1 Å². The van der Waals surface area contributed by atoms with Crippen LogP contribution in [0.1, 0.15) is 5.82 Å². The Balaban J connectivity index is 2.41. The van der Waals surface area contributed by atoms with Crippen molar-refractivity contribution >= 4 is 6.29 Å². The van der Waals surface area contributed by atoms with Gasteiger partial charge >= 0.3 is 0 Å². The Hall–Kier alpha value is -1.38. The number of aromatic amines is 1. The maximum atomic E-state index is 9.82. The zero-order valence-electron chi connectivity index (χ0n) is 5.45. The lowest BCUT2D eigenvalue weighted by atomic mass is 10.4. The molecule has 0 fully saturated rings. The smallest absolute Gasteiger partial charge is 0.142 e. The molecule has 0 aliphatic rings. The molecule has 3 heteroatoms. The first-order valence-electron chi connectivity index (χ1n) is 3.02. The number of rotatable bonds is 3. The molecule has 0 spiro atoms.